The van der Waals surface area contributed by atoms with Gasteiger partial charge in [-0.2, -0.15) is 11.8 Å². The zero-order valence-corrected chi connectivity index (χ0v) is 16.1. The van der Waals surface area contributed by atoms with Gasteiger partial charge in [0.15, 0.2) is 0 Å². The molecule has 1 saturated heterocycles. The van der Waals surface area contributed by atoms with Gasteiger partial charge in [-0.1, -0.05) is 0 Å². The molecule has 2 heterocycles. The summed E-state index contributed by atoms with van der Waals surface area (Å²) in [5.74, 6) is 0.751. The number of carbonyl (C=O) groups excluding carboxylic acids is 1. The van der Waals surface area contributed by atoms with Crippen LogP contribution in [0.25, 0.3) is 0 Å². The summed E-state index contributed by atoms with van der Waals surface area (Å²) in [4.78, 5) is 24.9. The highest BCUT2D eigenvalue weighted by Crippen LogP contribution is 2.25. The molecule has 1 aliphatic rings. The van der Waals surface area contributed by atoms with E-state index in [1.807, 2.05) is 25.0 Å². The van der Waals surface area contributed by atoms with Crippen LogP contribution in [0.2, 0.25) is 0 Å². The van der Waals surface area contributed by atoms with Crippen LogP contribution < -0.4 is 10.6 Å². The fraction of sp³-hybridized carbons (Fsp3) is 0.643. The van der Waals surface area contributed by atoms with Crippen LogP contribution in [-0.2, 0) is 4.79 Å². The lowest BCUT2D eigenvalue weighted by atomic mass is 10.0. The minimum absolute atomic E-state index is 0. The Kier molecular flexibility index (Phi) is 9.20. The molecule has 1 aromatic heterocycles. The molecule has 0 aromatic carbocycles. The summed E-state index contributed by atoms with van der Waals surface area (Å²) in [6.07, 6.45) is 5.45. The molecular weight excluding hydrogens is 357 g/mol. The van der Waals surface area contributed by atoms with Gasteiger partial charge in [-0.05, 0) is 26.2 Å². The number of rotatable bonds is 4. The first-order valence-corrected chi connectivity index (χ1v) is 8.29. The van der Waals surface area contributed by atoms with Gasteiger partial charge in [-0.25, -0.2) is 9.97 Å². The fourth-order valence-electron chi connectivity index (χ4n) is 2.20. The van der Waals surface area contributed by atoms with Crippen molar-refractivity contribution in [3.63, 3.8) is 0 Å². The lowest BCUT2D eigenvalue weighted by molar-refractivity contribution is -0.133. The van der Waals surface area contributed by atoms with Gasteiger partial charge in [0.25, 0.3) is 0 Å². The third-order valence-corrected chi connectivity index (χ3v) is 5.27. The number of aromatic nitrogens is 2. The number of amides is 1. The molecule has 2 N–H and O–H groups in total. The van der Waals surface area contributed by atoms with E-state index >= 15 is 0 Å². The van der Waals surface area contributed by atoms with E-state index in [-0.39, 0.29) is 35.5 Å². The topological polar surface area (TPSA) is 75.4 Å². The van der Waals surface area contributed by atoms with Gasteiger partial charge in [-0.3, -0.25) is 4.79 Å². The number of nitrogens with zero attached hydrogens (tertiary/aromatic N) is 4. The van der Waals surface area contributed by atoms with Crippen molar-refractivity contribution in [2.45, 2.75) is 24.6 Å². The number of halogens is 2. The maximum Gasteiger partial charge on any atom is 0.241 e. The molecule has 2 rings (SSSR count). The Bertz CT molecular complexity index is 483. The highest BCUT2D eigenvalue weighted by molar-refractivity contribution is 8.00. The highest BCUT2D eigenvalue weighted by Gasteiger charge is 2.35. The van der Waals surface area contributed by atoms with E-state index in [0.29, 0.717) is 13.1 Å². The van der Waals surface area contributed by atoms with E-state index in [1.165, 1.54) is 0 Å². The third-order valence-electron chi connectivity index (χ3n) is 3.97. The van der Waals surface area contributed by atoms with Crippen molar-refractivity contribution in [3.8, 4) is 0 Å². The van der Waals surface area contributed by atoms with Gasteiger partial charge in [0.1, 0.15) is 0 Å². The van der Waals surface area contributed by atoms with Crippen LogP contribution in [0.5, 0.6) is 0 Å². The molecule has 0 aliphatic carbocycles. The van der Waals surface area contributed by atoms with E-state index in [0.717, 1.165) is 19.0 Å². The van der Waals surface area contributed by atoms with E-state index in [1.54, 1.807) is 30.2 Å². The van der Waals surface area contributed by atoms with Crippen molar-refractivity contribution in [1.29, 1.82) is 0 Å². The number of thioether (sulfide) groups is 1. The Morgan fingerprint density at radius 2 is 1.74 bits per heavy atom. The standard InChI is InChI=1S/C14H23N5OS.2ClH/c1-14(2,21-3)11(15)12(20)18-7-9-19(10-8-18)13-16-5-4-6-17-13;;/h4-6,11H,7-10,15H2,1-3H3;2*1H/t11-;;/m1../s1. The number of hydrogen-bond acceptors (Lipinski definition) is 6. The molecular formula is C14H25Cl2N5OS. The number of carbonyl (C=O) groups is 1. The van der Waals surface area contributed by atoms with Crippen LogP contribution in [0.1, 0.15) is 13.8 Å². The molecule has 6 nitrogen and oxygen atoms in total. The maximum absolute atomic E-state index is 12.5. The number of anilines is 1. The van der Waals surface area contributed by atoms with Gasteiger partial charge in [-0.15, -0.1) is 24.8 Å². The van der Waals surface area contributed by atoms with Crippen LogP contribution >= 0.6 is 36.6 Å². The molecule has 23 heavy (non-hydrogen) atoms. The Morgan fingerprint density at radius 3 is 2.22 bits per heavy atom. The lowest BCUT2D eigenvalue weighted by Crippen LogP contribution is -2.58. The van der Waals surface area contributed by atoms with Crippen LogP contribution in [0, 0.1) is 0 Å². The molecule has 1 aromatic rings. The summed E-state index contributed by atoms with van der Waals surface area (Å²) >= 11 is 1.62. The molecule has 0 radical (unpaired) electrons. The molecule has 0 bridgehead atoms. The molecule has 1 aliphatic heterocycles. The molecule has 0 spiro atoms. The first-order chi connectivity index (χ1) is 9.95. The van der Waals surface area contributed by atoms with Gasteiger partial charge >= 0.3 is 0 Å². The fourth-order valence-corrected chi connectivity index (χ4v) is 2.56. The smallest absolute Gasteiger partial charge is 0.241 e. The van der Waals surface area contributed by atoms with E-state index in [4.69, 9.17) is 5.73 Å². The summed E-state index contributed by atoms with van der Waals surface area (Å²) < 4.78 is -0.253. The quantitative estimate of drug-likeness (QED) is 0.849. The van der Waals surface area contributed by atoms with Crippen molar-refractivity contribution < 1.29 is 4.79 Å². The van der Waals surface area contributed by atoms with E-state index in [2.05, 4.69) is 14.9 Å². The largest absolute Gasteiger partial charge is 0.338 e. The first kappa shape index (κ1) is 22.2. The minimum atomic E-state index is -0.480. The van der Waals surface area contributed by atoms with E-state index in [9.17, 15) is 4.79 Å². The predicted octanol–water partition coefficient (Wildman–Crippen LogP) is 1.44. The zero-order chi connectivity index (χ0) is 15.5. The van der Waals surface area contributed by atoms with Gasteiger partial charge < -0.3 is 15.5 Å². The van der Waals surface area contributed by atoms with Gasteiger partial charge in [0, 0.05) is 43.3 Å². The summed E-state index contributed by atoms with van der Waals surface area (Å²) in [5.41, 5.74) is 6.13. The second kappa shape index (κ2) is 9.52. The third kappa shape index (κ3) is 5.38. The first-order valence-electron chi connectivity index (χ1n) is 7.07. The molecule has 1 fully saturated rings. The van der Waals surface area contributed by atoms with Crippen molar-refractivity contribution in [1.82, 2.24) is 14.9 Å². The van der Waals surface area contributed by atoms with Gasteiger partial charge in [0.05, 0.1) is 6.04 Å². The average Bonchev–Trinajstić information content (AvgIpc) is 2.54. The summed E-state index contributed by atoms with van der Waals surface area (Å²) in [7, 11) is 0. The Labute approximate surface area is 154 Å². The van der Waals surface area contributed by atoms with Crippen LogP contribution in [-0.4, -0.2) is 64.0 Å². The van der Waals surface area contributed by atoms with Crippen LogP contribution in [0.15, 0.2) is 18.5 Å². The number of nitrogens with two attached hydrogens (primary N) is 1. The second-order valence-electron chi connectivity index (χ2n) is 5.65. The summed E-state index contributed by atoms with van der Waals surface area (Å²) in [6.45, 7) is 6.82. The highest BCUT2D eigenvalue weighted by atomic mass is 35.5. The Balaban J connectivity index is 0.00000242. The summed E-state index contributed by atoms with van der Waals surface area (Å²) in [5, 5.41) is 0. The lowest BCUT2D eigenvalue weighted by Gasteiger charge is -2.38. The molecule has 0 saturated carbocycles. The molecule has 1 atom stereocenters. The Morgan fingerprint density at radius 1 is 1.22 bits per heavy atom. The number of hydrogen-bond donors (Lipinski definition) is 1. The average molecular weight is 382 g/mol. The van der Waals surface area contributed by atoms with E-state index < -0.39 is 6.04 Å². The molecule has 9 heteroatoms. The normalized spacial score (nSPS) is 16.2. The van der Waals surface area contributed by atoms with Gasteiger partial charge in [0.2, 0.25) is 11.9 Å². The monoisotopic (exact) mass is 381 g/mol. The van der Waals surface area contributed by atoms with Crippen molar-refractivity contribution in [2.24, 2.45) is 5.73 Å². The molecule has 0 unspecified atom stereocenters. The molecule has 1 amide bonds. The maximum atomic E-state index is 12.5. The minimum Gasteiger partial charge on any atom is -0.338 e. The zero-order valence-electron chi connectivity index (χ0n) is 13.6. The van der Waals surface area contributed by atoms with Crippen molar-refractivity contribution >= 4 is 48.4 Å². The van der Waals surface area contributed by atoms with Crippen LogP contribution in [0.4, 0.5) is 5.95 Å². The predicted molar refractivity (Wildman–Crippen MR) is 101 cm³/mol. The number of piperazine rings is 1. The Hall–Kier alpha value is -0.760. The van der Waals surface area contributed by atoms with Crippen molar-refractivity contribution in [2.75, 3.05) is 37.3 Å². The molecule has 132 valence electrons. The summed E-state index contributed by atoms with van der Waals surface area (Å²) in [6, 6.07) is 1.32. The SMILES string of the molecule is CSC(C)(C)[C@H](N)C(=O)N1CCN(c2ncccn2)CC1.Cl.Cl. The van der Waals surface area contributed by atoms with Crippen LogP contribution in [0.3, 0.4) is 0 Å². The second-order valence-corrected chi connectivity index (χ2v) is 7.11. The van der Waals surface area contributed by atoms with Crippen molar-refractivity contribution in [3.05, 3.63) is 18.5 Å².